The van der Waals surface area contributed by atoms with Gasteiger partial charge in [0, 0.05) is 30.0 Å². The Kier molecular flexibility index (Phi) is 6.08. The molecule has 1 saturated heterocycles. The number of H-pyrrole nitrogens is 1. The fourth-order valence-corrected chi connectivity index (χ4v) is 3.26. The summed E-state index contributed by atoms with van der Waals surface area (Å²) in [6.07, 6.45) is 1.00. The van der Waals surface area contributed by atoms with Crippen LogP contribution in [0.5, 0.6) is 0 Å². The van der Waals surface area contributed by atoms with Gasteiger partial charge in [0.05, 0.1) is 18.8 Å². The molecule has 2 atom stereocenters. The van der Waals surface area contributed by atoms with Crippen LogP contribution >= 0.6 is 0 Å². The second-order valence-electron chi connectivity index (χ2n) is 7.01. The molecule has 0 aliphatic carbocycles. The van der Waals surface area contributed by atoms with E-state index in [1.54, 1.807) is 12.1 Å². The molecule has 3 rings (SSSR count). The zero-order valence-electron chi connectivity index (χ0n) is 16.0. The maximum atomic E-state index is 12.4. The predicted molar refractivity (Wildman–Crippen MR) is 103 cm³/mol. The highest BCUT2D eigenvalue weighted by Gasteiger charge is 2.20. The molecule has 1 amide bonds. The lowest BCUT2D eigenvalue weighted by atomic mass is 10.1. The minimum Gasteiger partial charge on any atom is -0.379 e. The summed E-state index contributed by atoms with van der Waals surface area (Å²) in [4.78, 5) is 27.2. The summed E-state index contributed by atoms with van der Waals surface area (Å²) < 4.78 is 11.3. The summed E-state index contributed by atoms with van der Waals surface area (Å²) in [5.41, 5.74) is 3.66. The van der Waals surface area contributed by atoms with E-state index < -0.39 is 0 Å². The van der Waals surface area contributed by atoms with Gasteiger partial charge in [0.15, 0.2) is 0 Å². The first-order valence-electron chi connectivity index (χ1n) is 9.25. The maximum absolute atomic E-state index is 12.4. The lowest BCUT2D eigenvalue weighted by Gasteiger charge is -2.18. The number of carbonyl (C=O) groups excluding carboxylic acids is 1. The van der Waals surface area contributed by atoms with Crippen LogP contribution in [0.15, 0.2) is 35.1 Å². The SMILES string of the molecule is Cc1cc(C)c(CNC(=O)c2ccc([C@@H](C)O[C@@H]3CCOC3)cc2)c(=O)[nH]1. The molecule has 1 aromatic heterocycles. The molecule has 144 valence electrons. The summed E-state index contributed by atoms with van der Waals surface area (Å²) in [6, 6.07) is 9.26. The molecule has 6 nitrogen and oxygen atoms in total. The number of hydrogen-bond donors (Lipinski definition) is 2. The van der Waals surface area contributed by atoms with E-state index >= 15 is 0 Å². The van der Waals surface area contributed by atoms with Crippen molar-refractivity contribution < 1.29 is 14.3 Å². The summed E-state index contributed by atoms with van der Waals surface area (Å²) >= 11 is 0. The van der Waals surface area contributed by atoms with E-state index in [1.807, 2.05) is 39.0 Å². The van der Waals surface area contributed by atoms with Crippen molar-refractivity contribution in [3.8, 4) is 0 Å². The van der Waals surface area contributed by atoms with Crippen LogP contribution in [0.4, 0.5) is 0 Å². The maximum Gasteiger partial charge on any atom is 0.253 e. The summed E-state index contributed by atoms with van der Waals surface area (Å²) in [5.74, 6) is -0.210. The van der Waals surface area contributed by atoms with E-state index in [0.717, 1.165) is 29.8 Å². The third-order valence-electron chi connectivity index (χ3n) is 4.85. The Morgan fingerprint density at radius 3 is 2.70 bits per heavy atom. The smallest absolute Gasteiger partial charge is 0.253 e. The van der Waals surface area contributed by atoms with Crippen molar-refractivity contribution in [2.45, 2.75) is 45.9 Å². The van der Waals surface area contributed by atoms with Gasteiger partial charge >= 0.3 is 0 Å². The first-order chi connectivity index (χ1) is 12.9. The van der Waals surface area contributed by atoms with Crippen LogP contribution in [0.3, 0.4) is 0 Å². The van der Waals surface area contributed by atoms with Gasteiger partial charge in [-0.2, -0.15) is 0 Å². The molecule has 0 spiro atoms. The Balaban J connectivity index is 1.60. The van der Waals surface area contributed by atoms with Crippen molar-refractivity contribution in [2.24, 2.45) is 0 Å². The number of rotatable bonds is 6. The highest BCUT2D eigenvalue weighted by atomic mass is 16.5. The van der Waals surface area contributed by atoms with Crippen LogP contribution in [-0.2, 0) is 16.0 Å². The highest BCUT2D eigenvalue weighted by molar-refractivity contribution is 5.94. The van der Waals surface area contributed by atoms with Gasteiger partial charge in [-0.1, -0.05) is 12.1 Å². The first kappa shape index (κ1) is 19.3. The van der Waals surface area contributed by atoms with E-state index in [4.69, 9.17) is 9.47 Å². The second kappa shape index (κ2) is 8.50. The molecular formula is C21H26N2O4. The number of aryl methyl sites for hydroxylation is 2. The number of aromatic amines is 1. The van der Waals surface area contributed by atoms with Crippen LogP contribution in [-0.4, -0.2) is 30.2 Å². The summed E-state index contributed by atoms with van der Waals surface area (Å²) in [6.45, 7) is 7.29. The molecule has 1 aliphatic rings. The van der Waals surface area contributed by atoms with Gasteiger partial charge in [0.2, 0.25) is 0 Å². The molecule has 27 heavy (non-hydrogen) atoms. The lowest BCUT2D eigenvalue weighted by molar-refractivity contribution is -0.00767. The van der Waals surface area contributed by atoms with Crippen molar-refractivity contribution in [1.29, 1.82) is 0 Å². The third-order valence-corrected chi connectivity index (χ3v) is 4.85. The predicted octanol–water partition coefficient (Wildman–Crippen LogP) is 2.79. The van der Waals surface area contributed by atoms with E-state index in [9.17, 15) is 9.59 Å². The molecule has 0 radical (unpaired) electrons. The summed E-state index contributed by atoms with van der Waals surface area (Å²) in [5, 5.41) is 2.82. The minimum atomic E-state index is -0.210. The topological polar surface area (TPSA) is 80.4 Å². The molecular weight excluding hydrogens is 344 g/mol. The number of amides is 1. The van der Waals surface area contributed by atoms with Crippen molar-refractivity contribution in [3.63, 3.8) is 0 Å². The highest BCUT2D eigenvalue weighted by Crippen LogP contribution is 2.22. The molecule has 6 heteroatoms. The Bertz CT molecular complexity index is 851. The normalized spacial score (nSPS) is 17.7. The van der Waals surface area contributed by atoms with Crippen molar-refractivity contribution >= 4 is 5.91 Å². The number of hydrogen-bond acceptors (Lipinski definition) is 4. The number of ether oxygens (including phenoxy) is 2. The zero-order valence-corrected chi connectivity index (χ0v) is 16.0. The number of carbonyl (C=O) groups is 1. The average Bonchev–Trinajstić information content (AvgIpc) is 3.13. The van der Waals surface area contributed by atoms with Gasteiger partial charge in [-0.25, -0.2) is 0 Å². The second-order valence-corrected chi connectivity index (χ2v) is 7.01. The quantitative estimate of drug-likeness (QED) is 0.819. The number of nitrogens with one attached hydrogen (secondary N) is 2. The van der Waals surface area contributed by atoms with Crippen LogP contribution in [0.2, 0.25) is 0 Å². The number of pyridine rings is 1. The number of benzene rings is 1. The van der Waals surface area contributed by atoms with Gasteiger partial charge in [-0.3, -0.25) is 9.59 Å². The third kappa shape index (κ3) is 4.84. The Hall–Kier alpha value is -2.44. The largest absolute Gasteiger partial charge is 0.379 e. The molecule has 0 unspecified atom stereocenters. The average molecular weight is 370 g/mol. The van der Waals surface area contributed by atoms with Crippen molar-refractivity contribution in [2.75, 3.05) is 13.2 Å². The van der Waals surface area contributed by atoms with E-state index in [-0.39, 0.29) is 30.2 Å². The fourth-order valence-electron chi connectivity index (χ4n) is 3.26. The first-order valence-corrected chi connectivity index (χ1v) is 9.25. The molecule has 2 aromatic rings. The summed E-state index contributed by atoms with van der Waals surface area (Å²) in [7, 11) is 0. The van der Waals surface area contributed by atoms with E-state index in [2.05, 4.69) is 10.3 Å². The standard InChI is InChI=1S/C21H26N2O4/c1-13-10-14(2)23-21(25)19(13)11-22-20(24)17-6-4-16(5-7-17)15(3)27-18-8-9-26-12-18/h4-7,10,15,18H,8-9,11-12H2,1-3H3,(H,22,24)(H,23,25)/t15-,18-/m1/s1. The fraction of sp³-hybridized carbons (Fsp3) is 0.429. The van der Waals surface area contributed by atoms with Crippen LogP contribution in [0.25, 0.3) is 0 Å². The Morgan fingerprint density at radius 2 is 2.07 bits per heavy atom. The molecule has 2 heterocycles. The van der Waals surface area contributed by atoms with Gasteiger partial charge in [0.25, 0.3) is 11.5 Å². The molecule has 0 bridgehead atoms. The molecule has 2 N–H and O–H groups in total. The van der Waals surface area contributed by atoms with Gasteiger partial charge in [-0.05, 0) is 56.5 Å². The van der Waals surface area contributed by atoms with E-state index in [0.29, 0.717) is 17.7 Å². The molecule has 1 aromatic carbocycles. The van der Waals surface area contributed by atoms with Gasteiger partial charge in [0.1, 0.15) is 0 Å². The zero-order chi connectivity index (χ0) is 19.4. The number of aromatic nitrogens is 1. The van der Waals surface area contributed by atoms with Crippen LogP contribution in [0, 0.1) is 13.8 Å². The van der Waals surface area contributed by atoms with Gasteiger partial charge in [-0.15, -0.1) is 0 Å². The van der Waals surface area contributed by atoms with Crippen LogP contribution < -0.4 is 10.9 Å². The Labute approximate surface area is 158 Å². The Morgan fingerprint density at radius 1 is 1.33 bits per heavy atom. The molecule has 1 fully saturated rings. The van der Waals surface area contributed by atoms with Gasteiger partial charge < -0.3 is 19.8 Å². The molecule has 0 saturated carbocycles. The molecule has 1 aliphatic heterocycles. The van der Waals surface area contributed by atoms with Crippen molar-refractivity contribution in [1.82, 2.24) is 10.3 Å². The van der Waals surface area contributed by atoms with Crippen molar-refractivity contribution in [3.05, 3.63) is 68.6 Å². The van der Waals surface area contributed by atoms with E-state index in [1.165, 1.54) is 0 Å². The minimum absolute atomic E-state index is 0.0532. The van der Waals surface area contributed by atoms with Crippen LogP contribution in [0.1, 0.15) is 52.2 Å². The monoisotopic (exact) mass is 370 g/mol. The lowest BCUT2D eigenvalue weighted by Crippen LogP contribution is -2.27.